The van der Waals surface area contributed by atoms with E-state index in [9.17, 15) is 4.79 Å². The van der Waals surface area contributed by atoms with Crippen LogP contribution in [0.2, 0.25) is 0 Å². The predicted octanol–water partition coefficient (Wildman–Crippen LogP) is 1.13. The summed E-state index contributed by atoms with van der Waals surface area (Å²) in [6.45, 7) is 8.23. The van der Waals surface area contributed by atoms with Gasteiger partial charge in [-0.05, 0) is 11.3 Å². The Morgan fingerprint density at radius 2 is 1.92 bits per heavy atom. The topological polar surface area (TPSA) is 55.1 Å². The number of carbonyl (C=O) groups excluding carboxylic acids is 1. The van der Waals surface area contributed by atoms with Gasteiger partial charge in [0.2, 0.25) is 5.91 Å². The third-order valence-corrected chi connectivity index (χ3v) is 2.52. The van der Waals surface area contributed by atoms with Crippen molar-refractivity contribution in [2.75, 3.05) is 7.05 Å². The zero-order chi connectivity index (χ0) is 10.6. The Morgan fingerprint density at radius 3 is 2.23 bits per heavy atom. The maximum absolute atomic E-state index is 11.2. The smallest absolute Gasteiger partial charge is 0.220 e. The van der Waals surface area contributed by atoms with E-state index in [1.807, 2.05) is 13.8 Å². The summed E-state index contributed by atoms with van der Waals surface area (Å²) in [5, 5.41) is 2.62. The minimum Gasteiger partial charge on any atom is -0.359 e. The molecule has 0 aliphatic carbocycles. The van der Waals surface area contributed by atoms with E-state index < -0.39 is 0 Å². The maximum atomic E-state index is 11.2. The SMILES string of the molecule is CNC(=O)CC(C)(C)[C@H](N)C(C)C. The van der Waals surface area contributed by atoms with Crippen LogP contribution in [0.1, 0.15) is 34.1 Å². The Hall–Kier alpha value is -0.570. The number of amides is 1. The Morgan fingerprint density at radius 1 is 1.46 bits per heavy atom. The fraction of sp³-hybridized carbons (Fsp3) is 0.900. The van der Waals surface area contributed by atoms with E-state index in [0.29, 0.717) is 12.3 Å². The lowest BCUT2D eigenvalue weighted by Crippen LogP contribution is -2.44. The van der Waals surface area contributed by atoms with Crippen molar-refractivity contribution in [3.8, 4) is 0 Å². The molecule has 0 aliphatic heterocycles. The first-order chi connectivity index (χ1) is 5.81. The number of nitrogens with one attached hydrogen (secondary N) is 1. The predicted molar refractivity (Wildman–Crippen MR) is 55.3 cm³/mol. The second-order valence-corrected chi connectivity index (χ2v) is 4.61. The van der Waals surface area contributed by atoms with Gasteiger partial charge in [0.15, 0.2) is 0 Å². The lowest BCUT2D eigenvalue weighted by molar-refractivity contribution is -0.122. The second kappa shape index (κ2) is 4.61. The molecule has 0 heterocycles. The summed E-state index contributed by atoms with van der Waals surface area (Å²) < 4.78 is 0. The van der Waals surface area contributed by atoms with Crippen molar-refractivity contribution in [3.05, 3.63) is 0 Å². The Balaban J connectivity index is 4.29. The zero-order valence-electron chi connectivity index (χ0n) is 9.35. The molecule has 0 rings (SSSR count). The van der Waals surface area contributed by atoms with Gasteiger partial charge in [0.1, 0.15) is 0 Å². The summed E-state index contributed by atoms with van der Waals surface area (Å²) in [5.74, 6) is 0.459. The summed E-state index contributed by atoms with van der Waals surface area (Å²) in [6.07, 6.45) is 0.489. The molecule has 13 heavy (non-hydrogen) atoms. The van der Waals surface area contributed by atoms with E-state index >= 15 is 0 Å². The summed E-state index contributed by atoms with van der Waals surface area (Å²) >= 11 is 0. The highest BCUT2D eigenvalue weighted by molar-refractivity contribution is 5.76. The second-order valence-electron chi connectivity index (χ2n) is 4.61. The first-order valence-corrected chi connectivity index (χ1v) is 4.77. The van der Waals surface area contributed by atoms with Crippen LogP contribution in [0.5, 0.6) is 0 Å². The van der Waals surface area contributed by atoms with Gasteiger partial charge in [-0.1, -0.05) is 27.7 Å². The van der Waals surface area contributed by atoms with Crippen LogP contribution in [-0.2, 0) is 4.79 Å². The molecule has 1 amide bonds. The summed E-state index contributed by atoms with van der Waals surface area (Å²) in [6, 6.07) is 0.0600. The van der Waals surface area contributed by atoms with Crippen LogP contribution in [0.4, 0.5) is 0 Å². The van der Waals surface area contributed by atoms with Gasteiger partial charge in [0.25, 0.3) is 0 Å². The standard InChI is InChI=1S/C10H22N2O/c1-7(2)9(11)10(3,4)6-8(13)12-5/h7,9H,6,11H2,1-5H3,(H,12,13)/t9-/m1/s1. The van der Waals surface area contributed by atoms with Gasteiger partial charge in [-0.25, -0.2) is 0 Å². The van der Waals surface area contributed by atoms with Crippen LogP contribution in [0.25, 0.3) is 0 Å². The Labute approximate surface area is 81.1 Å². The molecule has 0 saturated heterocycles. The molecule has 78 valence electrons. The summed E-state index contributed by atoms with van der Waals surface area (Å²) in [4.78, 5) is 11.2. The van der Waals surface area contributed by atoms with Gasteiger partial charge < -0.3 is 11.1 Å². The number of hydrogen-bond acceptors (Lipinski definition) is 2. The van der Waals surface area contributed by atoms with Crippen LogP contribution in [0.3, 0.4) is 0 Å². The molecule has 0 aromatic heterocycles. The van der Waals surface area contributed by atoms with Crippen LogP contribution < -0.4 is 11.1 Å². The lowest BCUT2D eigenvalue weighted by Gasteiger charge is -2.33. The maximum Gasteiger partial charge on any atom is 0.220 e. The highest BCUT2D eigenvalue weighted by Crippen LogP contribution is 2.27. The average molecular weight is 186 g/mol. The molecule has 3 heteroatoms. The molecule has 3 N–H and O–H groups in total. The molecule has 0 bridgehead atoms. The molecule has 0 unspecified atom stereocenters. The van der Waals surface area contributed by atoms with Gasteiger partial charge in [0.05, 0.1) is 0 Å². The highest BCUT2D eigenvalue weighted by atomic mass is 16.1. The molecule has 3 nitrogen and oxygen atoms in total. The third-order valence-electron chi connectivity index (χ3n) is 2.52. The minimum absolute atomic E-state index is 0.0566. The number of rotatable bonds is 4. The first-order valence-electron chi connectivity index (χ1n) is 4.77. The molecule has 0 aromatic carbocycles. The number of carbonyl (C=O) groups is 1. The Bertz CT molecular complexity index is 176. The first kappa shape index (κ1) is 12.4. The molecule has 0 radical (unpaired) electrons. The van der Waals surface area contributed by atoms with Gasteiger partial charge in [-0.3, -0.25) is 4.79 Å². The van der Waals surface area contributed by atoms with Crippen molar-refractivity contribution >= 4 is 5.91 Å². The van der Waals surface area contributed by atoms with Crippen molar-refractivity contribution in [1.29, 1.82) is 0 Å². The summed E-state index contributed by atoms with van der Waals surface area (Å²) in [7, 11) is 1.65. The number of nitrogens with two attached hydrogens (primary N) is 1. The van der Waals surface area contributed by atoms with Gasteiger partial charge >= 0.3 is 0 Å². The van der Waals surface area contributed by atoms with Crippen LogP contribution in [0.15, 0.2) is 0 Å². The van der Waals surface area contributed by atoms with Crippen LogP contribution in [-0.4, -0.2) is 19.0 Å². The average Bonchev–Trinajstić information content (AvgIpc) is 2.01. The van der Waals surface area contributed by atoms with Gasteiger partial charge in [-0.2, -0.15) is 0 Å². The van der Waals surface area contributed by atoms with E-state index in [0.717, 1.165) is 0 Å². The van der Waals surface area contributed by atoms with E-state index in [4.69, 9.17) is 5.73 Å². The molecular formula is C10H22N2O. The van der Waals surface area contributed by atoms with E-state index in [2.05, 4.69) is 19.2 Å². The lowest BCUT2D eigenvalue weighted by atomic mass is 9.76. The van der Waals surface area contributed by atoms with Crippen molar-refractivity contribution < 1.29 is 4.79 Å². The molecule has 0 spiro atoms. The molecule has 0 saturated carbocycles. The summed E-state index contributed by atoms with van der Waals surface area (Å²) in [5.41, 5.74) is 5.89. The molecule has 0 fully saturated rings. The van der Waals surface area contributed by atoms with E-state index in [1.165, 1.54) is 0 Å². The van der Waals surface area contributed by atoms with Crippen molar-refractivity contribution in [2.45, 2.75) is 40.2 Å². The van der Waals surface area contributed by atoms with Crippen LogP contribution in [0, 0.1) is 11.3 Å². The molecule has 0 aliphatic rings. The fourth-order valence-electron chi connectivity index (χ4n) is 1.52. The quantitative estimate of drug-likeness (QED) is 0.691. The van der Waals surface area contributed by atoms with Crippen LogP contribution >= 0.6 is 0 Å². The largest absolute Gasteiger partial charge is 0.359 e. The highest BCUT2D eigenvalue weighted by Gasteiger charge is 2.30. The van der Waals surface area contributed by atoms with Crippen molar-refractivity contribution in [3.63, 3.8) is 0 Å². The molecule has 1 atom stereocenters. The van der Waals surface area contributed by atoms with Crippen molar-refractivity contribution in [2.24, 2.45) is 17.1 Å². The van der Waals surface area contributed by atoms with Gasteiger partial charge in [0, 0.05) is 19.5 Å². The molecule has 0 aromatic rings. The monoisotopic (exact) mass is 186 g/mol. The van der Waals surface area contributed by atoms with E-state index in [-0.39, 0.29) is 17.4 Å². The fourth-order valence-corrected chi connectivity index (χ4v) is 1.52. The van der Waals surface area contributed by atoms with Gasteiger partial charge in [-0.15, -0.1) is 0 Å². The Kier molecular flexibility index (Phi) is 4.40. The normalized spacial score (nSPS) is 14.4. The third kappa shape index (κ3) is 3.77. The van der Waals surface area contributed by atoms with Crippen molar-refractivity contribution in [1.82, 2.24) is 5.32 Å². The molecular weight excluding hydrogens is 164 g/mol. The zero-order valence-corrected chi connectivity index (χ0v) is 9.35. The minimum atomic E-state index is -0.131. The number of hydrogen-bond donors (Lipinski definition) is 2. The van der Waals surface area contributed by atoms with E-state index in [1.54, 1.807) is 7.05 Å².